The third kappa shape index (κ3) is 5.95. The standard InChI is InChI=1S/C21H34N2O4S/c1-16(2)17-12-13-19(27-4)20(14-17)28(25,26)23(3)15-21(24)22-18-10-8-6-5-7-9-11-18/h12-14,16,18H,5-11,15H2,1-4H3,(H,22,24). The van der Waals surface area contributed by atoms with E-state index in [0.29, 0.717) is 0 Å². The average molecular weight is 411 g/mol. The minimum atomic E-state index is -3.84. The van der Waals surface area contributed by atoms with Crippen molar-refractivity contribution in [3.63, 3.8) is 0 Å². The molecule has 0 aromatic heterocycles. The number of likely N-dealkylation sites (N-methyl/N-ethyl adjacent to an activating group) is 1. The minimum absolute atomic E-state index is 0.0995. The number of hydrogen-bond acceptors (Lipinski definition) is 4. The van der Waals surface area contributed by atoms with Crippen molar-refractivity contribution in [2.45, 2.75) is 75.6 Å². The van der Waals surface area contributed by atoms with Crippen LogP contribution in [0.25, 0.3) is 0 Å². The molecular formula is C21H34N2O4S. The van der Waals surface area contributed by atoms with Crippen LogP contribution in [0.4, 0.5) is 0 Å². The summed E-state index contributed by atoms with van der Waals surface area (Å²) < 4.78 is 32.5. The molecule has 1 N–H and O–H groups in total. The Bertz CT molecular complexity index is 754. The number of nitrogens with zero attached hydrogens (tertiary/aromatic N) is 1. The number of amides is 1. The molecule has 1 amide bonds. The molecule has 0 aliphatic heterocycles. The second-order valence-corrected chi connectivity index (χ2v) is 9.95. The summed E-state index contributed by atoms with van der Waals surface area (Å²) in [5, 5.41) is 3.02. The zero-order valence-corrected chi connectivity index (χ0v) is 18.3. The molecule has 0 heterocycles. The van der Waals surface area contributed by atoms with E-state index < -0.39 is 10.0 Å². The lowest BCUT2D eigenvalue weighted by Gasteiger charge is -2.23. The van der Waals surface area contributed by atoms with Crippen LogP contribution in [0.3, 0.4) is 0 Å². The monoisotopic (exact) mass is 410 g/mol. The van der Waals surface area contributed by atoms with Gasteiger partial charge in [-0.3, -0.25) is 4.79 Å². The van der Waals surface area contributed by atoms with Gasteiger partial charge in [0.05, 0.1) is 13.7 Å². The Kier molecular flexibility index (Phi) is 8.31. The van der Waals surface area contributed by atoms with Crippen LogP contribution in [0.1, 0.15) is 70.3 Å². The Morgan fingerprint density at radius 2 is 1.79 bits per heavy atom. The van der Waals surface area contributed by atoms with Crippen molar-refractivity contribution in [2.75, 3.05) is 20.7 Å². The van der Waals surface area contributed by atoms with E-state index in [2.05, 4.69) is 5.32 Å². The maximum atomic E-state index is 13.1. The van der Waals surface area contributed by atoms with Crippen molar-refractivity contribution >= 4 is 15.9 Å². The van der Waals surface area contributed by atoms with Crippen LogP contribution in [-0.4, -0.2) is 45.4 Å². The fourth-order valence-electron chi connectivity index (χ4n) is 3.58. The Hall–Kier alpha value is -1.60. The predicted octanol–water partition coefficient (Wildman–Crippen LogP) is 3.67. The third-order valence-electron chi connectivity index (χ3n) is 5.38. The summed E-state index contributed by atoms with van der Waals surface area (Å²) in [7, 11) is -0.951. The predicted molar refractivity (Wildman–Crippen MR) is 111 cm³/mol. The first-order chi connectivity index (χ1) is 13.3. The topological polar surface area (TPSA) is 75.7 Å². The SMILES string of the molecule is COc1ccc(C(C)C)cc1S(=O)(=O)N(C)CC(=O)NC1CCCCCCC1. The van der Waals surface area contributed by atoms with E-state index in [9.17, 15) is 13.2 Å². The molecular weight excluding hydrogens is 376 g/mol. The largest absolute Gasteiger partial charge is 0.495 e. The van der Waals surface area contributed by atoms with Gasteiger partial charge >= 0.3 is 0 Å². The highest BCUT2D eigenvalue weighted by molar-refractivity contribution is 7.89. The van der Waals surface area contributed by atoms with Crippen molar-refractivity contribution in [3.8, 4) is 5.75 Å². The fourth-order valence-corrected chi connectivity index (χ4v) is 4.90. The van der Waals surface area contributed by atoms with Gasteiger partial charge in [0.25, 0.3) is 0 Å². The molecule has 0 unspecified atom stereocenters. The van der Waals surface area contributed by atoms with Crippen LogP contribution in [0.5, 0.6) is 5.75 Å². The van der Waals surface area contributed by atoms with Crippen LogP contribution in [-0.2, 0) is 14.8 Å². The number of methoxy groups -OCH3 is 1. The Labute approximate surface area is 169 Å². The van der Waals surface area contributed by atoms with Gasteiger partial charge in [0.1, 0.15) is 10.6 Å². The normalized spacial score (nSPS) is 16.6. The van der Waals surface area contributed by atoms with E-state index in [1.807, 2.05) is 19.9 Å². The Balaban J connectivity index is 2.10. The highest BCUT2D eigenvalue weighted by Crippen LogP contribution is 2.29. The number of carbonyl (C=O) groups excluding carboxylic acids is 1. The van der Waals surface area contributed by atoms with E-state index in [0.717, 1.165) is 35.6 Å². The van der Waals surface area contributed by atoms with Gasteiger partial charge in [-0.1, -0.05) is 52.0 Å². The number of benzene rings is 1. The third-order valence-corrected chi connectivity index (χ3v) is 7.20. The molecule has 0 saturated heterocycles. The second kappa shape index (κ2) is 10.3. The van der Waals surface area contributed by atoms with Crippen molar-refractivity contribution < 1.29 is 17.9 Å². The molecule has 0 atom stereocenters. The molecule has 1 aliphatic carbocycles. The lowest BCUT2D eigenvalue weighted by Crippen LogP contribution is -2.43. The molecule has 28 heavy (non-hydrogen) atoms. The summed E-state index contributed by atoms with van der Waals surface area (Å²) in [6.45, 7) is 3.81. The summed E-state index contributed by atoms with van der Waals surface area (Å²) in [6.07, 6.45) is 7.81. The van der Waals surface area contributed by atoms with Crippen molar-refractivity contribution in [1.29, 1.82) is 0 Å². The summed E-state index contributed by atoms with van der Waals surface area (Å²) in [4.78, 5) is 12.6. The van der Waals surface area contributed by atoms with Gasteiger partial charge in [-0.05, 0) is 36.5 Å². The van der Waals surface area contributed by atoms with E-state index in [1.165, 1.54) is 33.4 Å². The molecule has 1 aromatic rings. The Morgan fingerprint density at radius 3 is 2.36 bits per heavy atom. The molecule has 0 radical (unpaired) electrons. The van der Waals surface area contributed by atoms with Crippen LogP contribution in [0.15, 0.2) is 23.1 Å². The molecule has 2 rings (SSSR count). The first-order valence-corrected chi connectivity index (χ1v) is 11.6. The molecule has 0 bridgehead atoms. The first kappa shape index (κ1) is 22.7. The zero-order chi connectivity index (χ0) is 20.7. The maximum absolute atomic E-state index is 13.1. The quantitative estimate of drug-likeness (QED) is 0.744. The van der Waals surface area contributed by atoms with Crippen molar-refractivity contribution in [2.24, 2.45) is 0 Å². The number of hydrogen-bond donors (Lipinski definition) is 1. The van der Waals surface area contributed by atoms with Crippen LogP contribution in [0, 0.1) is 0 Å². The molecule has 7 heteroatoms. The highest BCUT2D eigenvalue weighted by Gasteiger charge is 2.27. The van der Waals surface area contributed by atoms with Gasteiger partial charge in [-0.2, -0.15) is 4.31 Å². The number of nitrogens with one attached hydrogen (secondary N) is 1. The van der Waals surface area contributed by atoms with Gasteiger partial charge < -0.3 is 10.1 Å². The van der Waals surface area contributed by atoms with Crippen LogP contribution >= 0.6 is 0 Å². The number of rotatable bonds is 7. The average Bonchev–Trinajstić information content (AvgIpc) is 2.63. The molecule has 1 aromatic carbocycles. The van der Waals surface area contributed by atoms with Gasteiger partial charge in [0.15, 0.2) is 0 Å². The van der Waals surface area contributed by atoms with Crippen LogP contribution < -0.4 is 10.1 Å². The molecule has 1 fully saturated rings. The van der Waals surface area contributed by atoms with E-state index >= 15 is 0 Å². The smallest absolute Gasteiger partial charge is 0.246 e. The van der Waals surface area contributed by atoms with E-state index in [-0.39, 0.29) is 35.1 Å². The lowest BCUT2D eigenvalue weighted by molar-refractivity contribution is -0.122. The zero-order valence-electron chi connectivity index (χ0n) is 17.5. The highest BCUT2D eigenvalue weighted by atomic mass is 32.2. The molecule has 158 valence electrons. The molecule has 6 nitrogen and oxygen atoms in total. The van der Waals surface area contributed by atoms with E-state index in [4.69, 9.17) is 4.74 Å². The Morgan fingerprint density at radius 1 is 1.18 bits per heavy atom. The first-order valence-electron chi connectivity index (χ1n) is 10.2. The van der Waals surface area contributed by atoms with Gasteiger partial charge in [-0.25, -0.2) is 8.42 Å². The van der Waals surface area contributed by atoms with Crippen molar-refractivity contribution in [1.82, 2.24) is 9.62 Å². The summed E-state index contributed by atoms with van der Waals surface area (Å²) in [6, 6.07) is 5.32. The minimum Gasteiger partial charge on any atom is -0.495 e. The molecule has 1 aliphatic rings. The van der Waals surface area contributed by atoms with Gasteiger partial charge in [-0.15, -0.1) is 0 Å². The number of ether oxygens (including phenoxy) is 1. The summed E-state index contributed by atoms with van der Waals surface area (Å²) in [5.41, 5.74) is 0.909. The fraction of sp³-hybridized carbons (Fsp3) is 0.667. The van der Waals surface area contributed by atoms with Crippen molar-refractivity contribution in [3.05, 3.63) is 23.8 Å². The maximum Gasteiger partial charge on any atom is 0.246 e. The molecule has 0 spiro atoms. The summed E-state index contributed by atoms with van der Waals surface area (Å²) >= 11 is 0. The van der Waals surface area contributed by atoms with Gasteiger partial charge in [0, 0.05) is 13.1 Å². The van der Waals surface area contributed by atoms with E-state index in [1.54, 1.807) is 12.1 Å². The molecule has 1 saturated carbocycles. The second-order valence-electron chi connectivity index (χ2n) is 7.94. The van der Waals surface area contributed by atoms with Gasteiger partial charge in [0.2, 0.25) is 15.9 Å². The number of sulfonamides is 1. The van der Waals surface area contributed by atoms with Crippen LogP contribution in [0.2, 0.25) is 0 Å². The number of carbonyl (C=O) groups is 1. The summed E-state index contributed by atoms with van der Waals surface area (Å²) in [5.74, 6) is 0.222. The lowest BCUT2D eigenvalue weighted by atomic mass is 9.97.